The number of alkyl halides is 3. The maximum atomic E-state index is 13.0. The van der Waals surface area contributed by atoms with Crippen molar-refractivity contribution in [3.8, 4) is 6.07 Å². The number of hydrogen-bond donors (Lipinski definition) is 2. The van der Waals surface area contributed by atoms with Crippen LogP contribution in [0.3, 0.4) is 0 Å². The van der Waals surface area contributed by atoms with Gasteiger partial charge < -0.3 is 10.4 Å². The van der Waals surface area contributed by atoms with Crippen molar-refractivity contribution in [1.82, 2.24) is 10.2 Å². The summed E-state index contributed by atoms with van der Waals surface area (Å²) in [5, 5.41) is 27.3. The summed E-state index contributed by atoms with van der Waals surface area (Å²) in [7, 11) is -4.08. The molecule has 154 valence electrons. The molecule has 29 heavy (non-hydrogen) atoms. The molecule has 12 heteroatoms. The van der Waals surface area contributed by atoms with Gasteiger partial charge in [0.1, 0.15) is 6.07 Å². The maximum absolute atomic E-state index is 13.0. The third-order valence-electron chi connectivity index (χ3n) is 3.79. The summed E-state index contributed by atoms with van der Waals surface area (Å²) in [6.07, 6.45) is -4.93. The van der Waals surface area contributed by atoms with Crippen molar-refractivity contribution in [1.29, 1.82) is 5.26 Å². The van der Waals surface area contributed by atoms with Crippen LogP contribution in [0.5, 0.6) is 0 Å². The molecule has 0 aliphatic rings. The van der Waals surface area contributed by atoms with E-state index < -0.39 is 50.3 Å². The first-order valence-corrected chi connectivity index (χ1v) is 9.60. The minimum atomic E-state index is -4.93. The van der Waals surface area contributed by atoms with Gasteiger partial charge in [0, 0.05) is 0 Å². The number of hydrogen-bond acceptors (Lipinski definition) is 7. The number of benzene rings is 1. The molecule has 2 aromatic rings. The lowest BCUT2D eigenvalue weighted by atomic mass is 10.1. The number of aliphatic hydroxyl groups is 1. The number of nitrogens with one attached hydrogen (secondary N) is 1. The number of aromatic nitrogens is 2. The fourth-order valence-corrected chi connectivity index (χ4v) is 3.86. The average Bonchev–Trinajstić information content (AvgIpc) is 2.60. The van der Waals surface area contributed by atoms with E-state index in [1.807, 2.05) is 5.32 Å². The highest BCUT2D eigenvalue weighted by molar-refractivity contribution is 7.91. The topological polar surface area (TPSA) is 133 Å². The Balaban J connectivity index is 2.25. The molecule has 0 saturated carbocycles. The highest BCUT2D eigenvalue weighted by Gasteiger charge is 2.38. The van der Waals surface area contributed by atoms with Crippen molar-refractivity contribution in [3.63, 3.8) is 0 Å². The van der Waals surface area contributed by atoms with E-state index in [-0.39, 0.29) is 4.90 Å². The molecular formula is C17H15F3N4O4S. The van der Waals surface area contributed by atoms with E-state index in [1.54, 1.807) is 6.92 Å². The van der Waals surface area contributed by atoms with Crippen LogP contribution >= 0.6 is 0 Å². The summed E-state index contributed by atoms with van der Waals surface area (Å²) in [6, 6.07) is 7.28. The minimum Gasteiger partial charge on any atom is -0.379 e. The Morgan fingerprint density at radius 1 is 1.24 bits per heavy atom. The van der Waals surface area contributed by atoms with Gasteiger partial charge in [0.25, 0.3) is 5.91 Å². The van der Waals surface area contributed by atoms with Crippen molar-refractivity contribution in [2.75, 3.05) is 11.1 Å². The molecular weight excluding hydrogens is 413 g/mol. The van der Waals surface area contributed by atoms with E-state index in [0.29, 0.717) is 6.07 Å². The van der Waals surface area contributed by atoms with Gasteiger partial charge in [0.2, 0.25) is 0 Å². The molecule has 1 heterocycles. The second kappa shape index (κ2) is 7.76. The van der Waals surface area contributed by atoms with Crippen LogP contribution in [-0.4, -0.2) is 41.0 Å². The Hall–Kier alpha value is -3.04. The zero-order valence-corrected chi connectivity index (χ0v) is 16.0. The van der Waals surface area contributed by atoms with Crippen LogP contribution in [0, 0.1) is 18.3 Å². The van der Waals surface area contributed by atoms with E-state index >= 15 is 0 Å². The monoisotopic (exact) mass is 428 g/mol. The SMILES string of the molecule is Cc1ccc(S(=O)(=O)C[C@](C)(O)C(=O)Nc2cc(C(F)(F)F)c(C#N)nn2)cc1. The van der Waals surface area contributed by atoms with Crippen LogP contribution in [0.1, 0.15) is 23.7 Å². The molecule has 0 aliphatic heterocycles. The maximum Gasteiger partial charge on any atom is 0.419 e. The number of halogens is 3. The largest absolute Gasteiger partial charge is 0.419 e. The lowest BCUT2D eigenvalue weighted by Crippen LogP contribution is -2.46. The van der Waals surface area contributed by atoms with E-state index in [0.717, 1.165) is 12.5 Å². The number of amides is 1. The molecule has 1 amide bonds. The summed E-state index contributed by atoms with van der Waals surface area (Å²) < 4.78 is 63.8. The summed E-state index contributed by atoms with van der Waals surface area (Å²) >= 11 is 0. The number of nitriles is 1. The van der Waals surface area contributed by atoms with Crippen molar-refractivity contribution < 1.29 is 31.5 Å². The highest BCUT2D eigenvalue weighted by atomic mass is 32.2. The summed E-state index contributed by atoms with van der Waals surface area (Å²) in [4.78, 5) is 12.1. The molecule has 2 rings (SSSR count). The smallest absolute Gasteiger partial charge is 0.379 e. The lowest BCUT2D eigenvalue weighted by molar-refractivity contribution is -0.138. The number of nitrogens with zero attached hydrogens (tertiary/aromatic N) is 3. The van der Waals surface area contributed by atoms with Gasteiger partial charge in [-0.1, -0.05) is 17.7 Å². The first kappa shape index (κ1) is 22.3. The van der Waals surface area contributed by atoms with E-state index in [9.17, 15) is 31.5 Å². The van der Waals surface area contributed by atoms with E-state index in [2.05, 4.69) is 10.2 Å². The zero-order chi connectivity index (χ0) is 22.0. The number of rotatable bonds is 5. The molecule has 1 aromatic heterocycles. The number of aryl methyl sites for hydroxylation is 1. The standard InChI is InChI=1S/C17H15F3N4O4S/c1-10-3-5-11(6-4-10)29(27,28)9-16(2,26)15(25)22-14-7-12(17(18,19)20)13(8-21)23-24-14/h3-7,26H,9H2,1-2H3,(H,22,24,25)/t16-/m0/s1. The zero-order valence-electron chi connectivity index (χ0n) is 15.1. The molecule has 0 aliphatic carbocycles. The van der Waals surface area contributed by atoms with Gasteiger partial charge in [-0.25, -0.2) is 8.42 Å². The second-order valence-electron chi connectivity index (χ2n) is 6.40. The third-order valence-corrected chi connectivity index (χ3v) is 5.72. The molecule has 0 radical (unpaired) electrons. The van der Waals surface area contributed by atoms with Gasteiger partial charge in [-0.2, -0.15) is 18.4 Å². The van der Waals surface area contributed by atoms with Crippen LogP contribution in [-0.2, 0) is 20.8 Å². The van der Waals surface area contributed by atoms with Crippen molar-refractivity contribution in [3.05, 3.63) is 47.2 Å². The van der Waals surface area contributed by atoms with Gasteiger partial charge >= 0.3 is 6.18 Å². The molecule has 2 N–H and O–H groups in total. The van der Waals surface area contributed by atoms with Gasteiger partial charge in [0.05, 0.1) is 16.2 Å². The molecule has 0 fully saturated rings. The van der Waals surface area contributed by atoms with Crippen LogP contribution in [0.2, 0.25) is 0 Å². The quantitative estimate of drug-likeness (QED) is 0.742. The molecule has 0 unspecified atom stereocenters. The summed E-state index contributed by atoms with van der Waals surface area (Å²) in [5.74, 6) is -3.03. The van der Waals surface area contributed by atoms with E-state index in [4.69, 9.17) is 5.26 Å². The minimum absolute atomic E-state index is 0.131. The first-order chi connectivity index (χ1) is 13.3. The van der Waals surface area contributed by atoms with Crippen LogP contribution in [0.25, 0.3) is 0 Å². The molecule has 0 saturated heterocycles. The Morgan fingerprint density at radius 3 is 2.34 bits per heavy atom. The number of carbonyl (C=O) groups is 1. The van der Waals surface area contributed by atoms with Crippen molar-refractivity contribution in [2.24, 2.45) is 0 Å². The van der Waals surface area contributed by atoms with E-state index in [1.165, 1.54) is 30.3 Å². The normalized spacial score (nSPS) is 14.0. The third kappa shape index (κ3) is 5.27. The first-order valence-electron chi connectivity index (χ1n) is 7.94. The van der Waals surface area contributed by atoms with Crippen molar-refractivity contribution >= 4 is 21.6 Å². The Labute approximate surface area is 163 Å². The summed E-state index contributed by atoms with van der Waals surface area (Å²) in [5.41, 5.74) is -4.12. The second-order valence-corrected chi connectivity index (χ2v) is 8.39. The predicted octanol–water partition coefficient (Wildman–Crippen LogP) is 1.84. The van der Waals surface area contributed by atoms with Crippen LogP contribution < -0.4 is 5.32 Å². The Kier molecular flexibility index (Phi) is 5.96. The molecule has 1 atom stereocenters. The average molecular weight is 428 g/mol. The Morgan fingerprint density at radius 2 is 1.83 bits per heavy atom. The number of carbonyl (C=O) groups excluding carboxylic acids is 1. The van der Waals surface area contributed by atoms with Gasteiger partial charge in [-0.05, 0) is 32.0 Å². The fourth-order valence-electron chi connectivity index (χ4n) is 2.27. The van der Waals surface area contributed by atoms with Crippen LogP contribution in [0.4, 0.5) is 19.0 Å². The molecule has 0 bridgehead atoms. The molecule has 8 nitrogen and oxygen atoms in total. The predicted molar refractivity (Wildman–Crippen MR) is 94.2 cm³/mol. The fraction of sp³-hybridized carbons (Fsp3) is 0.294. The number of sulfone groups is 1. The van der Waals surface area contributed by atoms with Gasteiger partial charge in [0.15, 0.2) is 27.0 Å². The molecule has 1 aromatic carbocycles. The summed E-state index contributed by atoms with van der Waals surface area (Å²) in [6.45, 7) is 2.64. The van der Waals surface area contributed by atoms with Gasteiger partial charge in [-0.15, -0.1) is 10.2 Å². The Bertz CT molecular complexity index is 1080. The number of anilines is 1. The van der Waals surface area contributed by atoms with Crippen LogP contribution in [0.15, 0.2) is 35.2 Å². The lowest BCUT2D eigenvalue weighted by Gasteiger charge is -2.22. The molecule has 0 spiro atoms. The van der Waals surface area contributed by atoms with Crippen molar-refractivity contribution in [2.45, 2.75) is 30.5 Å². The highest BCUT2D eigenvalue weighted by Crippen LogP contribution is 2.32. The van der Waals surface area contributed by atoms with Gasteiger partial charge in [-0.3, -0.25) is 4.79 Å².